The summed E-state index contributed by atoms with van der Waals surface area (Å²) in [6, 6.07) is 6.34. The van der Waals surface area contributed by atoms with Crippen molar-refractivity contribution in [1.82, 2.24) is 15.5 Å². The highest BCUT2D eigenvalue weighted by Crippen LogP contribution is 2.23. The number of aryl methyl sites for hydroxylation is 1. The van der Waals surface area contributed by atoms with E-state index in [1.807, 2.05) is 0 Å². The Hall–Kier alpha value is -1.06. The smallest absolute Gasteiger partial charge is 0.191 e. The standard InChI is InChI=1S/C23H40N4O2.HI/c1-5-19(4)29-22-16-18(3)8-9-20(22)17-26-23(24-6-2)25-12-7-13-27-14-10-21(28)11-15-27;/h8-9,16,19,21,28H,5-7,10-15,17H2,1-4H3,(H2,24,25,26);1H. The van der Waals surface area contributed by atoms with Crippen LogP contribution in [0.1, 0.15) is 57.6 Å². The molecule has 1 aromatic carbocycles. The lowest BCUT2D eigenvalue weighted by Gasteiger charge is -2.29. The van der Waals surface area contributed by atoms with E-state index in [0.717, 1.165) is 75.7 Å². The second-order valence-electron chi connectivity index (χ2n) is 8.00. The van der Waals surface area contributed by atoms with Crippen LogP contribution in [0, 0.1) is 6.92 Å². The van der Waals surface area contributed by atoms with Crippen molar-refractivity contribution in [3.63, 3.8) is 0 Å². The summed E-state index contributed by atoms with van der Waals surface area (Å²) < 4.78 is 6.11. The Morgan fingerprint density at radius 2 is 2.00 bits per heavy atom. The van der Waals surface area contributed by atoms with Gasteiger partial charge in [-0.1, -0.05) is 19.1 Å². The van der Waals surface area contributed by atoms with Gasteiger partial charge in [-0.2, -0.15) is 0 Å². The molecule has 0 bridgehead atoms. The Kier molecular flexibility index (Phi) is 13.4. The van der Waals surface area contributed by atoms with Crippen LogP contribution in [0.5, 0.6) is 5.75 Å². The Labute approximate surface area is 199 Å². The van der Waals surface area contributed by atoms with Crippen LogP contribution in [0.3, 0.4) is 0 Å². The number of guanidine groups is 1. The van der Waals surface area contributed by atoms with Crippen LogP contribution in [0.15, 0.2) is 23.2 Å². The maximum atomic E-state index is 9.61. The highest BCUT2D eigenvalue weighted by molar-refractivity contribution is 14.0. The van der Waals surface area contributed by atoms with Gasteiger partial charge in [0.05, 0.1) is 18.8 Å². The molecule has 1 aromatic rings. The van der Waals surface area contributed by atoms with E-state index >= 15 is 0 Å². The van der Waals surface area contributed by atoms with E-state index in [9.17, 15) is 5.11 Å². The van der Waals surface area contributed by atoms with E-state index in [1.165, 1.54) is 5.56 Å². The molecule has 1 heterocycles. The summed E-state index contributed by atoms with van der Waals surface area (Å²) >= 11 is 0. The average Bonchev–Trinajstić information content (AvgIpc) is 2.71. The molecule has 0 saturated carbocycles. The molecule has 1 saturated heterocycles. The number of benzene rings is 1. The lowest BCUT2D eigenvalue weighted by Crippen LogP contribution is -2.40. The number of rotatable bonds is 10. The molecule has 0 spiro atoms. The lowest BCUT2D eigenvalue weighted by molar-refractivity contribution is 0.0823. The quantitative estimate of drug-likeness (QED) is 0.186. The second kappa shape index (κ2) is 14.9. The van der Waals surface area contributed by atoms with Crippen molar-refractivity contribution in [2.24, 2.45) is 4.99 Å². The minimum atomic E-state index is -0.104. The zero-order chi connectivity index (χ0) is 21.1. The third-order valence-corrected chi connectivity index (χ3v) is 5.38. The van der Waals surface area contributed by atoms with Crippen molar-refractivity contribution in [2.75, 3.05) is 32.7 Å². The average molecular weight is 533 g/mol. The number of nitrogens with one attached hydrogen (secondary N) is 2. The number of likely N-dealkylation sites (tertiary alicyclic amines) is 1. The topological polar surface area (TPSA) is 69.1 Å². The molecule has 1 aliphatic heterocycles. The van der Waals surface area contributed by atoms with Gasteiger partial charge in [-0.25, -0.2) is 4.99 Å². The van der Waals surface area contributed by atoms with Crippen molar-refractivity contribution in [1.29, 1.82) is 0 Å². The molecule has 3 N–H and O–H groups in total. The predicted molar refractivity (Wildman–Crippen MR) is 136 cm³/mol. The highest BCUT2D eigenvalue weighted by Gasteiger charge is 2.16. The van der Waals surface area contributed by atoms with Gasteiger partial charge >= 0.3 is 0 Å². The number of aliphatic hydroxyl groups is 1. The lowest BCUT2D eigenvalue weighted by atomic mass is 10.1. The first kappa shape index (κ1) is 27.0. The molecule has 6 nitrogen and oxygen atoms in total. The number of piperidine rings is 1. The Balaban J connectivity index is 0.00000450. The molecule has 0 amide bonds. The van der Waals surface area contributed by atoms with Crippen molar-refractivity contribution >= 4 is 29.9 Å². The number of halogens is 1. The summed E-state index contributed by atoms with van der Waals surface area (Å²) in [6.45, 7) is 13.8. The first-order valence-corrected chi connectivity index (χ1v) is 11.2. The zero-order valence-corrected chi connectivity index (χ0v) is 21.4. The van der Waals surface area contributed by atoms with E-state index in [1.54, 1.807) is 0 Å². The first-order chi connectivity index (χ1) is 14.0. The van der Waals surface area contributed by atoms with Crippen LogP contribution in [0.4, 0.5) is 0 Å². The summed E-state index contributed by atoms with van der Waals surface area (Å²) in [5.74, 6) is 1.78. The Morgan fingerprint density at radius 1 is 1.27 bits per heavy atom. The molecule has 1 unspecified atom stereocenters. The third kappa shape index (κ3) is 9.83. The first-order valence-electron chi connectivity index (χ1n) is 11.2. The minimum absolute atomic E-state index is 0. The summed E-state index contributed by atoms with van der Waals surface area (Å²) in [5.41, 5.74) is 2.31. The zero-order valence-electron chi connectivity index (χ0n) is 19.1. The molecule has 172 valence electrons. The molecule has 1 aliphatic rings. The molecule has 0 radical (unpaired) electrons. The maximum Gasteiger partial charge on any atom is 0.191 e. The van der Waals surface area contributed by atoms with Gasteiger partial charge in [-0.15, -0.1) is 24.0 Å². The van der Waals surface area contributed by atoms with Crippen molar-refractivity contribution in [2.45, 2.75) is 72.1 Å². The molecule has 0 aromatic heterocycles. The van der Waals surface area contributed by atoms with Gasteiger partial charge in [0, 0.05) is 31.7 Å². The second-order valence-corrected chi connectivity index (χ2v) is 8.00. The number of hydrogen-bond donors (Lipinski definition) is 3. The van der Waals surface area contributed by atoms with E-state index in [0.29, 0.717) is 6.54 Å². The molecule has 7 heteroatoms. The fourth-order valence-electron chi connectivity index (χ4n) is 3.36. The van der Waals surface area contributed by atoms with Crippen LogP contribution >= 0.6 is 24.0 Å². The normalized spacial score (nSPS) is 16.6. The number of ether oxygens (including phenoxy) is 1. The van der Waals surface area contributed by atoms with Crippen molar-refractivity contribution in [3.05, 3.63) is 29.3 Å². The predicted octanol–water partition coefficient (Wildman–Crippen LogP) is 3.69. The largest absolute Gasteiger partial charge is 0.490 e. The molecular weight excluding hydrogens is 491 g/mol. The van der Waals surface area contributed by atoms with Crippen molar-refractivity contribution < 1.29 is 9.84 Å². The van der Waals surface area contributed by atoms with Gasteiger partial charge in [0.15, 0.2) is 5.96 Å². The van der Waals surface area contributed by atoms with E-state index in [2.05, 4.69) is 61.4 Å². The molecule has 2 rings (SSSR count). The molecule has 1 atom stereocenters. The van der Waals surface area contributed by atoms with E-state index in [-0.39, 0.29) is 36.2 Å². The molecular formula is C23H41IN4O2. The summed E-state index contributed by atoms with van der Waals surface area (Å²) in [6.07, 6.45) is 3.93. The molecule has 1 fully saturated rings. The Bertz CT molecular complexity index is 634. The highest BCUT2D eigenvalue weighted by atomic mass is 127. The number of aliphatic imine (C=N–C) groups is 1. The summed E-state index contributed by atoms with van der Waals surface area (Å²) in [4.78, 5) is 7.20. The number of hydrogen-bond acceptors (Lipinski definition) is 4. The van der Waals surface area contributed by atoms with Gasteiger partial charge in [0.1, 0.15) is 5.75 Å². The van der Waals surface area contributed by atoms with Gasteiger partial charge < -0.3 is 25.4 Å². The molecule has 30 heavy (non-hydrogen) atoms. The van der Waals surface area contributed by atoms with Crippen LogP contribution in [0.25, 0.3) is 0 Å². The fraction of sp³-hybridized carbons (Fsp3) is 0.696. The van der Waals surface area contributed by atoms with Crippen LogP contribution in [0.2, 0.25) is 0 Å². The summed E-state index contributed by atoms with van der Waals surface area (Å²) in [7, 11) is 0. The minimum Gasteiger partial charge on any atom is -0.490 e. The van der Waals surface area contributed by atoms with Gasteiger partial charge in [-0.3, -0.25) is 0 Å². The molecule has 0 aliphatic carbocycles. The monoisotopic (exact) mass is 532 g/mol. The van der Waals surface area contributed by atoms with Gasteiger partial charge in [0.25, 0.3) is 0 Å². The van der Waals surface area contributed by atoms with Crippen molar-refractivity contribution in [3.8, 4) is 5.75 Å². The summed E-state index contributed by atoms with van der Waals surface area (Å²) in [5, 5.41) is 16.4. The van der Waals surface area contributed by atoms with Crippen LogP contribution in [-0.4, -0.2) is 60.9 Å². The van der Waals surface area contributed by atoms with Crippen LogP contribution in [-0.2, 0) is 6.54 Å². The number of nitrogens with zero attached hydrogens (tertiary/aromatic N) is 2. The Morgan fingerprint density at radius 3 is 2.67 bits per heavy atom. The van der Waals surface area contributed by atoms with E-state index < -0.39 is 0 Å². The van der Waals surface area contributed by atoms with Crippen LogP contribution < -0.4 is 15.4 Å². The van der Waals surface area contributed by atoms with E-state index in [4.69, 9.17) is 9.73 Å². The van der Waals surface area contributed by atoms with Gasteiger partial charge in [0.2, 0.25) is 0 Å². The SMILES string of the molecule is CCNC(=NCc1ccc(C)cc1OC(C)CC)NCCCN1CCC(O)CC1.I. The third-order valence-electron chi connectivity index (χ3n) is 5.38. The van der Waals surface area contributed by atoms with Gasteiger partial charge in [-0.05, 0) is 64.6 Å². The number of aliphatic hydroxyl groups excluding tert-OH is 1. The maximum absolute atomic E-state index is 9.61. The fourth-order valence-corrected chi connectivity index (χ4v) is 3.36.